The van der Waals surface area contributed by atoms with E-state index in [0.29, 0.717) is 23.4 Å². The second kappa shape index (κ2) is 5.47. The van der Waals surface area contributed by atoms with Crippen molar-refractivity contribution in [2.24, 2.45) is 39.9 Å². The van der Waals surface area contributed by atoms with E-state index in [1.165, 1.54) is 44.1 Å². The number of aliphatic hydroxyl groups is 1. The molecule has 1 aliphatic heterocycles. The normalized spacial score (nSPS) is 52.1. The molecule has 3 fully saturated rings. The van der Waals surface area contributed by atoms with E-state index in [1.54, 1.807) is 5.57 Å². The minimum absolute atomic E-state index is 0.176. The highest BCUT2D eigenvalue weighted by molar-refractivity contribution is 5.33. The molecule has 1 N–H and O–H groups in total. The molecule has 1 saturated heterocycles. The highest BCUT2D eigenvalue weighted by atomic mass is 16.6. The Hall–Kier alpha value is -0.600. The first-order valence-electron chi connectivity index (χ1n) is 11.0. The second-order valence-corrected chi connectivity index (χ2v) is 11.2. The average molecular weight is 357 g/mol. The van der Waals surface area contributed by atoms with Crippen LogP contribution in [0.3, 0.4) is 0 Å². The van der Waals surface area contributed by atoms with Gasteiger partial charge in [-0.2, -0.15) is 0 Å². The van der Waals surface area contributed by atoms with Gasteiger partial charge in [0.1, 0.15) is 0 Å². The first-order valence-corrected chi connectivity index (χ1v) is 11.0. The summed E-state index contributed by atoms with van der Waals surface area (Å²) in [5.41, 5.74) is 4.25. The van der Waals surface area contributed by atoms with Crippen LogP contribution in [-0.4, -0.2) is 18.0 Å². The molecule has 0 aromatic carbocycles. The third kappa shape index (κ3) is 2.12. The van der Waals surface area contributed by atoms with E-state index in [9.17, 15) is 5.11 Å². The van der Waals surface area contributed by atoms with Crippen molar-refractivity contribution in [2.75, 3.05) is 6.61 Å². The standard InChI is InChI=1S/C24H36O2/c1-22(2)11-5-12-23(3)18-10-13-24(4)17(16(18)7-9-19(22)23)8-6-15-14-26-21(25)20(15)24/h6-7,17-21,25H,5,8-14H2,1-4H3. The van der Waals surface area contributed by atoms with Crippen LogP contribution in [0.5, 0.6) is 0 Å². The summed E-state index contributed by atoms with van der Waals surface area (Å²) in [7, 11) is 0. The highest BCUT2D eigenvalue weighted by Crippen LogP contribution is 2.67. The summed E-state index contributed by atoms with van der Waals surface area (Å²) in [6, 6.07) is 0. The van der Waals surface area contributed by atoms with Gasteiger partial charge in [-0.3, -0.25) is 0 Å². The molecule has 7 atom stereocenters. The van der Waals surface area contributed by atoms with Gasteiger partial charge in [0.15, 0.2) is 6.29 Å². The number of allylic oxidation sites excluding steroid dienone is 3. The molecule has 5 rings (SSSR count). The lowest BCUT2D eigenvalue weighted by Gasteiger charge is -2.62. The number of hydrogen-bond donors (Lipinski definition) is 1. The maximum absolute atomic E-state index is 10.5. The van der Waals surface area contributed by atoms with Crippen LogP contribution in [0.1, 0.15) is 72.6 Å². The van der Waals surface area contributed by atoms with Crippen molar-refractivity contribution in [3.05, 3.63) is 23.3 Å². The van der Waals surface area contributed by atoms with Gasteiger partial charge < -0.3 is 9.84 Å². The maximum atomic E-state index is 10.5. The van der Waals surface area contributed by atoms with Crippen LogP contribution >= 0.6 is 0 Å². The number of rotatable bonds is 0. The SMILES string of the molecule is CC1(C)CCCC2(C)C3CCC4(C)C(CC=C5COC(O)C54)C3=CCC12. The fourth-order valence-corrected chi connectivity index (χ4v) is 8.37. The largest absolute Gasteiger partial charge is 0.367 e. The zero-order valence-corrected chi connectivity index (χ0v) is 17.1. The number of hydrogen-bond acceptors (Lipinski definition) is 2. The smallest absolute Gasteiger partial charge is 0.162 e. The Morgan fingerprint density at radius 2 is 1.77 bits per heavy atom. The van der Waals surface area contributed by atoms with Gasteiger partial charge in [0, 0.05) is 5.92 Å². The lowest BCUT2D eigenvalue weighted by atomic mass is 9.42. The van der Waals surface area contributed by atoms with Crippen molar-refractivity contribution in [1.82, 2.24) is 0 Å². The van der Waals surface area contributed by atoms with Gasteiger partial charge in [-0.1, -0.05) is 51.8 Å². The molecular formula is C24H36O2. The zero-order valence-electron chi connectivity index (χ0n) is 17.1. The third-order valence-electron chi connectivity index (χ3n) is 9.67. The average Bonchev–Trinajstić information content (AvgIpc) is 2.95. The van der Waals surface area contributed by atoms with Crippen molar-refractivity contribution in [3.63, 3.8) is 0 Å². The molecule has 4 aliphatic carbocycles. The molecule has 5 aliphatic rings. The Bertz CT molecular complexity index is 674. The van der Waals surface area contributed by atoms with E-state index in [1.807, 2.05) is 0 Å². The molecular weight excluding hydrogens is 320 g/mol. The van der Waals surface area contributed by atoms with Gasteiger partial charge in [-0.05, 0) is 78.1 Å². The fourth-order valence-electron chi connectivity index (χ4n) is 8.37. The molecule has 1 heterocycles. The molecule has 0 bridgehead atoms. The van der Waals surface area contributed by atoms with Gasteiger partial charge in [-0.15, -0.1) is 0 Å². The number of ether oxygens (including phenoxy) is 1. The van der Waals surface area contributed by atoms with E-state index >= 15 is 0 Å². The summed E-state index contributed by atoms with van der Waals surface area (Å²) >= 11 is 0. The van der Waals surface area contributed by atoms with Crippen LogP contribution in [0, 0.1) is 39.9 Å². The molecule has 0 amide bonds. The Kier molecular flexibility index (Phi) is 3.68. The molecule has 0 aromatic rings. The van der Waals surface area contributed by atoms with E-state index < -0.39 is 6.29 Å². The number of fused-ring (bicyclic) bond motifs is 7. The fraction of sp³-hybridized carbons (Fsp3) is 0.833. The summed E-state index contributed by atoms with van der Waals surface area (Å²) < 4.78 is 5.65. The van der Waals surface area contributed by atoms with Crippen LogP contribution in [0.25, 0.3) is 0 Å². The van der Waals surface area contributed by atoms with Gasteiger partial charge in [0.25, 0.3) is 0 Å². The lowest BCUT2D eigenvalue weighted by molar-refractivity contribution is -0.128. The minimum atomic E-state index is -0.591. The van der Waals surface area contributed by atoms with Crippen molar-refractivity contribution in [3.8, 4) is 0 Å². The van der Waals surface area contributed by atoms with Crippen molar-refractivity contribution in [2.45, 2.75) is 78.9 Å². The molecule has 144 valence electrons. The van der Waals surface area contributed by atoms with Crippen LogP contribution in [0.2, 0.25) is 0 Å². The van der Waals surface area contributed by atoms with Crippen LogP contribution in [0.15, 0.2) is 23.3 Å². The molecule has 26 heavy (non-hydrogen) atoms. The Morgan fingerprint density at radius 3 is 2.58 bits per heavy atom. The van der Waals surface area contributed by atoms with Gasteiger partial charge >= 0.3 is 0 Å². The summed E-state index contributed by atoms with van der Waals surface area (Å²) in [6.45, 7) is 10.7. The van der Waals surface area contributed by atoms with Gasteiger partial charge in [0.2, 0.25) is 0 Å². The molecule has 2 heteroatoms. The predicted octanol–water partition coefficient (Wildman–Crippen LogP) is 5.48. The van der Waals surface area contributed by atoms with Gasteiger partial charge in [0.05, 0.1) is 6.61 Å². The van der Waals surface area contributed by atoms with E-state index in [4.69, 9.17) is 4.74 Å². The third-order valence-corrected chi connectivity index (χ3v) is 9.67. The Balaban J connectivity index is 1.55. The van der Waals surface area contributed by atoms with E-state index in [-0.39, 0.29) is 11.3 Å². The maximum Gasteiger partial charge on any atom is 0.162 e. The minimum Gasteiger partial charge on any atom is -0.367 e. The van der Waals surface area contributed by atoms with E-state index in [2.05, 4.69) is 39.8 Å². The molecule has 0 radical (unpaired) electrons. The Morgan fingerprint density at radius 1 is 0.962 bits per heavy atom. The molecule has 0 aromatic heterocycles. The van der Waals surface area contributed by atoms with E-state index in [0.717, 1.165) is 18.3 Å². The summed E-state index contributed by atoms with van der Waals surface area (Å²) in [4.78, 5) is 0. The quantitative estimate of drug-likeness (QED) is 0.583. The summed E-state index contributed by atoms with van der Waals surface area (Å²) in [5, 5.41) is 10.5. The number of aliphatic hydroxyl groups excluding tert-OH is 1. The predicted molar refractivity (Wildman–Crippen MR) is 104 cm³/mol. The summed E-state index contributed by atoms with van der Waals surface area (Å²) in [6.07, 6.45) is 13.6. The van der Waals surface area contributed by atoms with Crippen LogP contribution in [-0.2, 0) is 4.74 Å². The molecule has 2 saturated carbocycles. The molecule has 7 unspecified atom stereocenters. The molecule has 2 nitrogen and oxygen atoms in total. The topological polar surface area (TPSA) is 29.5 Å². The lowest BCUT2D eigenvalue weighted by Crippen LogP contribution is -2.54. The Labute approximate surface area is 159 Å². The van der Waals surface area contributed by atoms with Crippen molar-refractivity contribution >= 4 is 0 Å². The first kappa shape index (κ1) is 17.5. The van der Waals surface area contributed by atoms with Crippen LogP contribution in [0.4, 0.5) is 0 Å². The second-order valence-electron chi connectivity index (χ2n) is 11.2. The monoisotopic (exact) mass is 356 g/mol. The zero-order chi connectivity index (χ0) is 18.3. The van der Waals surface area contributed by atoms with Gasteiger partial charge in [-0.25, -0.2) is 0 Å². The first-order chi connectivity index (χ1) is 12.3. The van der Waals surface area contributed by atoms with Crippen molar-refractivity contribution in [1.29, 1.82) is 0 Å². The summed E-state index contributed by atoms with van der Waals surface area (Å²) in [5.74, 6) is 2.41. The van der Waals surface area contributed by atoms with Crippen LogP contribution < -0.4 is 0 Å². The molecule has 0 spiro atoms. The highest BCUT2D eigenvalue weighted by Gasteiger charge is 2.60. The van der Waals surface area contributed by atoms with Crippen molar-refractivity contribution < 1.29 is 9.84 Å².